The molecule has 0 bridgehead atoms. The number of anilines is 1. The number of rotatable bonds is 6. The first-order chi connectivity index (χ1) is 13.7. The largest absolute Gasteiger partial charge is 0.378 e. The van der Waals surface area contributed by atoms with Crippen LogP contribution in [0.15, 0.2) is 37.1 Å². The Kier molecular flexibility index (Phi) is 4.20. The Hall–Kier alpha value is -3.00. The standard InChI is InChI=1S/C20H23N7O/c1-3-15-10-23-20-22-9-13(12-26(15)20)17-5-6-27-18(17)11-21-19(25-27)24-14-7-16(8-14)28-4-2/h5-6,9-12,14,16H,3-4,7-8H2,1-2H3,(H,24,25)/t14-,16+. The van der Waals surface area contributed by atoms with E-state index in [0.717, 1.165) is 54.0 Å². The van der Waals surface area contributed by atoms with Gasteiger partial charge in [-0.1, -0.05) is 6.92 Å². The van der Waals surface area contributed by atoms with Crippen molar-refractivity contribution in [1.82, 2.24) is 29.0 Å². The molecule has 0 spiro atoms. The van der Waals surface area contributed by atoms with Crippen LogP contribution in [0.25, 0.3) is 22.4 Å². The number of aromatic nitrogens is 6. The van der Waals surface area contributed by atoms with Gasteiger partial charge in [-0.15, -0.1) is 5.10 Å². The minimum atomic E-state index is 0.364. The summed E-state index contributed by atoms with van der Waals surface area (Å²) >= 11 is 0. The van der Waals surface area contributed by atoms with Gasteiger partial charge in [0.25, 0.3) is 0 Å². The minimum Gasteiger partial charge on any atom is -0.378 e. The molecule has 1 aliphatic carbocycles. The highest BCUT2D eigenvalue weighted by atomic mass is 16.5. The number of aryl methyl sites for hydroxylation is 1. The molecule has 5 rings (SSSR count). The van der Waals surface area contributed by atoms with Crippen LogP contribution in [-0.4, -0.2) is 47.7 Å². The molecule has 4 heterocycles. The summed E-state index contributed by atoms with van der Waals surface area (Å²) in [6.45, 7) is 4.92. The average molecular weight is 377 g/mol. The van der Waals surface area contributed by atoms with Crippen molar-refractivity contribution >= 4 is 17.2 Å². The average Bonchev–Trinajstić information content (AvgIpc) is 3.29. The SMILES string of the molecule is CCO[C@H]1C[C@@H](Nc2ncc3c(-c4cnc5ncc(CC)n5c4)ccn3n2)C1. The first-order valence-electron chi connectivity index (χ1n) is 9.80. The predicted octanol–water partition coefficient (Wildman–Crippen LogP) is 2.98. The van der Waals surface area contributed by atoms with E-state index in [2.05, 4.69) is 38.5 Å². The van der Waals surface area contributed by atoms with Gasteiger partial charge in [0.15, 0.2) is 0 Å². The van der Waals surface area contributed by atoms with E-state index in [-0.39, 0.29) is 0 Å². The monoisotopic (exact) mass is 377 g/mol. The van der Waals surface area contributed by atoms with Crippen LogP contribution in [0.4, 0.5) is 5.95 Å². The van der Waals surface area contributed by atoms with Crippen LogP contribution in [0.3, 0.4) is 0 Å². The van der Waals surface area contributed by atoms with Gasteiger partial charge in [0.1, 0.15) is 0 Å². The molecule has 0 aromatic carbocycles. The molecule has 1 aliphatic rings. The zero-order valence-electron chi connectivity index (χ0n) is 16.0. The highest BCUT2D eigenvalue weighted by Crippen LogP contribution is 2.27. The first kappa shape index (κ1) is 17.1. The van der Waals surface area contributed by atoms with Crippen molar-refractivity contribution in [1.29, 1.82) is 0 Å². The molecule has 8 heteroatoms. The Labute approximate surface area is 162 Å². The molecule has 4 aromatic heterocycles. The maximum atomic E-state index is 5.61. The Morgan fingerprint density at radius 1 is 1.14 bits per heavy atom. The van der Waals surface area contributed by atoms with Crippen LogP contribution >= 0.6 is 0 Å². The number of ether oxygens (including phenoxy) is 1. The molecule has 0 unspecified atom stereocenters. The fraction of sp³-hybridized carbons (Fsp3) is 0.400. The summed E-state index contributed by atoms with van der Waals surface area (Å²) < 4.78 is 9.52. The quantitative estimate of drug-likeness (QED) is 0.556. The van der Waals surface area contributed by atoms with E-state index < -0.39 is 0 Å². The van der Waals surface area contributed by atoms with Crippen molar-refractivity contribution in [2.24, 2.45) is 0 Å². The molecule has 1 N–H and O–H groups in total. The molecule has 0 saturated heterocycles. The highest BCUT2D eigenvalue weighted by molar-refractivity contribution is 5.79. The normalized spacial score (nSPS) is 19.2. The lowest BCUT2D eigenvalue weighted by atomic mass is 9.89. The third kappa shape index (κ3) is 2.90. The number of hydrogen-bond donors (Lipinski definition) is 1. The summed E-state index contributed by atoms with van der Waals surface area (Å²) in [6.07, 6.45) is 12.9. The van der Waals surface area contributed by atoms with E-state index in [9.17, 15) is 0 Å². The van der Waals surface area contributed by atoms with Crippen LogP contribution in [-0.2, 0) is 11.2 Å². The summed E-state index contributed by atoms with van der Waals surface area (Å²) in [4.78, 5) is 13.4. The molecule has 0 amide bonds. The van der Waals surface area contributed by atoms with Gasteiger partial charge < -0.3 is 10.1 Å². The Balaban J connectivity index is 1.41. The Bertz CT molecular complexity index is 1130. The second kappa shape index (κ2) is 6.87. The molecular weight excluding hydrogens is 354 g/mol. The van der Waals surface area contributed by atoms with Crippen molar-refractivity contribution < 1.29 is 4.74 Å². The summed E-state index contributed by atoms with van der Waals surface area (Å²) in [6, 6.07) is 2.43. The van der Waals surface area contributed by atoms with Crippen LogP contribution in [0.1, 0.15) is 32.4 Å². The van der Waals surface area contributed by atoms with Gasteiger partial charge in [0, 0.05) is 48.1 Å². The second-order valence-electron chi connectivity index (χ2n) is 7.15. The van der Waals surface area contributed by atoms with Crippen LogP contribution in [0, 0.1) is 0 Å². The fourth-order valence-electron chi connectivity index (χ4n) is 3.77. The van der Waals surface area contributed by atoms with Gasteiger partial charge in [-0.2, -0.15) is 0 Å². The van der Waals surface area contributed by atoms with E-state index in [1.165, 1.54) is 0 Å². The summed E-state index contributed by atoms with van der Waals surface area (Å²) in [5, 5.41) is 8.01. The van der Waals surface area contributed by atoms with Crippen molar-refractivity contribution in [3.63, 3.8) is 0 Å². The maximum Gasteiger partial charge on any atom is 0.241 e. The molecule has 28 heavy (non-hydrogen) atoms. The van der Waals surface area contributed by atoms with Gasteiger partial charge in [-0.25, -0.2) is 19.5 Å². The minimum absolute atomic E-state index is 0.364. The molecule has 0 aliphatic heterocycles. The number of nitrogens with zero attached hydrogens (tertiary/aromatic N) is 6. The first-order valence-corrected chi connectivity index (χ1v) is 9.80. The number of fused-ring (bicyclic) bond motifs is 2. The van der Waals surface area contributed by atoms with E-state index in [0.29, 0.717) is 18.1 Å². The zero-order chi connectivity index (χ0) is 19.1. The number of nitrogens with one attached hydrogen (secondary N) is 1. The number of imidazole rings is 1. The number of hydrogen-bond acceptors (Lipinski definition) is 6. The van der Waals surface area contributed by atoms with Gasteiger partial charge in [-0.05, 0) is 32.3 Å². The van der Waals surface area contributed by atoms with Crippen LogP contribution < -0.4 is 5.32 Å². The molecule has 1 saturated carbocycles. The maximum absolute atomic E-state index is 5.61. The van der Waals surface area contributed by atoms with Crippen LogP contribution in [0.5, 0.6) is 0 Å². The van der Waals surface area contributed by atoms with Crippen molar-refractivity contribution in [3.05, 3.63) is 42.7 Å². The highest BCUT2D eigenvalue weighted by Gasteiger charge is 2.30. The van der Waals surface area contributed by atoms with Gasteiger partial charge in [0.2, 0.25) is 11.7 Å². The van der Waals surface area contributed by atoms with Gasteiger partial charge in [-0.3, -0.25) is 4.40 Å². The topological polar surface area (TPSA) is 81.6 Å². The Morgan fingerprint density at radius 2 is 2.00 bits per heavy atom. The molecule has 4 aromatic rings. The molecule has 1 fully saturated rings. The molecule has 144 valence electrons. The van der Waals surface area contributed by atoms with E-state index >= 15 is 0 Å². The summed E-state index contributed by atoms with van der Waals surface area (Å²) in [5.41, 5.74) is 4.16. The molecule has 8 nitrogen and oxygen atoms in total. The molecular formula is C20H23N7O. The van der Waals surface area contributed by atoms with Crippen molar-refractivity contribution in [3.8, 4) is 11.1 Å². The van der Waals surface area contributed by atoms with E-state index in [1.807, 2.05) is 46.7 Å². The smallest absolute Gasteiger partial charge is 0.241 e. The second-order valence-corrected chi connectivity index (χ2v) is 7.15. The Morgan fingerprint density at radius 3 is 2.82 bits per heavy atom. The fourth-order valence-corrected chi connectivity index (χ4v) is 3.77. The van der Waals surface area contributed by atoms with E-state index in [1.54, 1.807) is 0 Å². The van der Waals surface area contributed by atoms with E-state index in [4.69, 9.17) is 4.74 Å². The zero-order valence-corrected chi connectivity index (χ0v) is 16.0. The predicted molar refractivity (Wildman–Crippen MR) is 106 cm³/mol. The molecule has 0 atom stereocenters. The van der Waals surface area contributed by atoms with Crippen molar-refractivity contribution in [2.45, 2.75) is 45.3 Å². The third-order valence-electron chi connectivity index (χ3n) is 5.36. The summed E-state index contributed by atoms with van der Waals surface area (Å²) in [5.74, 6) is 1.36. The lowest BCUT2D eigenvalue weighted by Crippen LogP contribution is -2.41. The van der Waals surface area contributed by atoms with Crippen LogP contribution in [0.2, 0.25) is 0 Å². The lowest BCUT2D eigenvalue weighted by molar-refractivity contribution is 0.00283. The lowest BCUT2D eigenvalue weighted by Gasteiger charge is -2.35. The van der Waals surface area contributed by atoms with Gasteiger partial charge >= 0.3 is 0 Å². The molecule has 0 radical (unpaired) electrons. The van der Waals surface area contributed by atoms with Gasteiger partial charge in [0.05, 0.1) is 24.0 Å². The summed E-state index contributed by atoms with van der Waals surface area (Å²) in [7, 11) is 0. The van der Waals surface area contributed by atoms with Crippen molar-refractivity contribution in [2.75, 3.05) is 11.9 Å². The third-order valence-corrected chi connectivity index (χ3v) is 5.36.